The van der Waals surface area contributed by atoms with Crippen LogP contribution in [0.1, 0.15) is 88.5 Å². The molecule has 2 aromatic rings. The summed E-state index contributed by atoms with van der Waals surface area (Å²) in [4.78, 5) is 4.97. The molecule has 0 atom stereocenters. The van der Waals surface area contributed by atoms with Gasteiger partial charge in [-0.3, -0.25) is 0 Å². The number of hydrogen-bond acceptors (Lipinski definition) is 8. The molecule has 4 bridgehead atoms. The van der Waals surface area contributed by atoms with Crippen molar-refractivity contribution in [2.75, 3.05) is 62.2 Å². The Hall–Kier alpha value is -1.53. The first-order valence-electron chi connectivity index (χ1n) is 17.1. The van der Waals surface area contributed by atoms with Gasteiger partial charge in [0.1, 0.15) is 11.5 Å². The first-order chi connectivity index (χ1) is 21.1. The summed E-state index contributed by atoms with van der Waals surface area (Å²) in [5, 5.41) is 37.3. The summed E-state index contributed by atoms with van der Waals surface area (Å²) in [7, 11) is 0. The number of rotatable bonds is 2. The third-order valence-corrected chi connectivity index (χ3v) is 9.62. The van der Waals surface area contributed by atoms with E-state index in [0.717, 1.165) is 74.6 Å². The molecule has 2 aromatic carbocycles. The molecule has 2 radical (unpaired) electrons. The summed E-state index contributed by atoms with van der Waals surface area (Å²) >= 11 is 0. The number of nitrogens with one attached hydrogen (secondary N) is 4. The Bertz CT molecular complexity index is 1080. The minimum absolute atomic E-state index is 0. The molecule has 6 N–H and O–H groups in total. The number of anilines is 2. The molecule has 10 heteroatoms. The van der Waals surface area contributed by atoms with Gasteiger partial charge in [-0.1, -0.05) is 27.7 Å². The number of aromatic hydroxyl groups is 2. The third kappa shape index (κ3) is 12.4. The van der Waals surface area contributed by atoms with E-state index in [1.165, 1.54) is 49.9 Å². The molecule has 0 saturated carbocycles. The number of phenols is 2. The van der Waals surface area contributed by atoms with Gasteiger partial charge in [-0.05, 0) is 73.6 Å². The van der Waals surface area contributed by atoms with Crippen LogP contribution < -0.4 is 31.1 Å². The summed E-state index contributed by atoms with van der Waals surface area (Å²) in [6.07, 6.45) is 7.51. The van der Waals surface area contributed by atoms with Crippen LogP contribution in [0.2, 0.25) is 0 Å². The maximum absolute atomic E-state index is 11.4. The molecule has 0 aliphatic carbocycles. The van der Waals surface area contributed by atoms with Crippen molar-refractivity contribution in [2.45, 2.75) is 92.4 Å². The Kier molecular flexibility index (Phi) is 18.9. The summed E-state index contributed by atoms with van der Waals surface area (Å²) in [5.41, 5.74) is 6.30. The molecule has 3 aliphatic heterocycles. The van der Waals surface area contributed by atoms with Crippen molar-refractivity contribution in [2.24, 2.45) is 10.8 Å². The van der Waals surface area contributed by atoms with Crippen molar-refractivity contribution in [1.29, 1.82) is 0 Å². The van der Waals surface area contributed by atoms with Crippen molar-refractivity contribution in [1.82, 2.24) is 21.3 Å². The second-order valence-electron chi connectivity index (χ2n) is 15.1. The van der Waals surface area contributed by atoms with E-state index in [1.54, 1.807) is 0 Å². The maximum atomic E-state index is 11.4. The minimum atomic E-state index is -0.0125. The van der Waals surface area contributed by atoms with Crippen LogP contribution in [0, 0.1) is 25.7 Å². The molecule has 3 heterocycles. The summed E-state index contributed by atoms with van der Waals surface area (Å²) in [5.74, 6) is 0.816. The van der Waals surface area contributed by atoms with Gasteiger partial charge in [-0.15, -0.1) is 0 Å². The molecule has 2 saturated heterocycles. The van der Waals surface area contributed by atoms with Crippen LogP contribution in [0.25, 0.3) is 0 Å². The van der Waals surface area contributed by atoms with Crippen molar-refractivity contribution in [3.05, 3.63) is 61.4 Å². The van der Waals surface area contributed by atoms with Crippen LogP contribution in [0.15, 0.2) is 24.3 Å². The van der Waals surface area contributed by atoms with Crippen molar-refractivity contribution >= 4 is 11.4 Å². The fourth-order valence-corrected chi connectivity index (χ4v) is 6.96. The number of piperidine rings is 2. The number of nitrogens with zero attached hydrogens (tertiary/aromatic N) is 2. The molecule has 274 valence electrons. The monoisotopic (exact) mass is 752 g/mol. The molecule has 0 unspecified atom stereocenters. The Labute approximate surface area is 312 Å². The molecule has 5 rings (SSSR count). The first-order valence-corrected chi connectivity index (χ1v) is 17.1. The van der Waals surface area contributed by atoms with E-state index < -0.39 is 0 Å². The van der Waals surface area contributed by atoms with Crippen LogP contribution in [0.5, 0.6) is 11.5 Å². The van der Waals surface area contributed by atoms with E-state index in [1.807, 2.05) is 0 Å². The van der Waals surface area contributed by atoms with Gasteiger partial charge in [0.15, 0.2) is 0 Å². The zero-order valence-electron chi connectivity index (χ0n) is 30.5. The standard InChI is InChI=1S/C36H58N6O2.2CH3.2Ni/c1-35(2)23-37-19-27-15-31(41-11-7-5-8-12-41)17-29(33(27)43)21-39-25-36(3,4)26-40-22-30-18-32(42-13-9-6-10-14-42)16-28(34(30)44)20-38-24-35;;;;/h15-18,37-40,43-44H,5-14,19-26H2,1-4H3;2*1H3;;/q;2*-1;2*+3. The minimum Gasteiger partial charge on any atom is -0.507 e. The van der Waals surface area contributed by atoms with Gasteiger partial charge in [0.25, 0.3) is 0 Å². The van der Waals surface area contributed by atoms with E-state index in [4.69, 9.17) is 0 Å². The quantitative estimate of drug-likeness (QED) is 0.162. The summed E-state index contributed by atoms with van der Waals surface area (Å²) in [6, 6.07) is 8.77. The predicted molar refractivity (Wildman–Crippen MR) is 196 cm³/mol. The number of benzene rings is 2. The molecule has 2 fully saturated rings. The van der Waals surface area contributed by atoms with Gasteiger partial charge in [0, 0.05) is 112 Å². The fourth-order valence-electron chi connectivity index (χ4n) is 6.96. The van der Waals surface area contributed by atoms with E-state index in [-0.39, 0.29) is 58.7 Å². The molecule has 48 heavy (non-hydrogen) atoms. The molecular weight excluding hydrogens is 690 g/mol. The van der Waals surface area contributed by atoms with E-state index in [9.17, 15) is 10.2 Å². The normalized spacial score (nSPS) is 20.5. The number of phenolic OH excluding ortho intramolecular Hbond substituents is 2. The topological polar surface area (TPSA) is 95.1 Å². The van der Waals surface area contributed by atoms with Gasteiger partial charge >= 0.3 is 33.0 Å². The summed E-state index contributed by atoms with van der Waals surface area (Å²) < 4.78 is 0. The van der Waals surface area contributed by atoms with Gasteiger partial charge in [-0.2, -0.15) is 0 Å². The van der Waals surface area contributed by atoms with Crippen LogP contribution in [-0.2, 0) is 59.2 Å². The van der Waals surface area contributed by atoms with Crippen molar-refractivity contribution in [3.63, 3.8) is 0 Å². The third-order valence-electron chi connectivity index (χ3n) is 9.62. The Morgan fingerprint density at radius 3 is 0.979 bits per heavy atom. The Balaban J connectivity index is 0.00000288. The van der Waals surface area contributed by atoms with Crippen LogP contribution in [-0.4, -0.2) is 62.6 Å². The SMILES string of the molecule is CC1(C)CNCc2cc(N3CCCCC3)cc(c2O)CNCC(C)(C)CNCc2cc(N3CCCCC3)cc(c2O)CNC1.[CH3-].[CH3-].[Ni+3].[Ni+3]. The van der Waals surface area contributed by atoms with Crippen molar-refractivity contribution < 1.29 is 43.2 Å². The Morgan fingerprint density at radius 1 is 0.479 bits per heavy atom. The van der Waals surface area contributed by atoms with Crippen LogP contribution in [0.4, 0.5) is 11.4 Å². The van der Waals surface area contributed by atoms with E-state index in [0.29, 0.717) is 37.7 Å². The molecule has 0 amide bonds. The van der Waals surface area contributed by atoms with E-state index >= 15 is 0 Å². The number of hydrogen-bond donors (Lipinski definition) is 6. The van der Waals surface area contributed by atoms with Crippen molar-refractivity contribution in [3.8, 4) is 11.5 Å². The molecule has 8 nitrogen and oxygen atoms in total. The predicted octanol–water partition coefficient (Wildman–Crippen LogP) is 6.10. The van der Waals surface area contributed by atoms with Crippen LogP contribution in [0.3, 0.4) is 0 Å². The van der Waals surface area contributed by atoms with Gasteiger partial charge in [0.05, 0.1) is 0 Å². The van der Waals surface area contributed by atoms with Gasteiger partial charge in [0.2, 0.25) is 0 Å². The average molecular weight is 754 g/mol. The molecule has 0 spiro atoms. The summed E-state index contributed by atoms with van der Waals surface area (Å²) in [6.45, 7) is 19.1. The smallest absolute Gasteiger partial charge is 0.507 e. The number of fused-ring (bicyclic) bond motifs is 4. The molecule has 3 aliphatic rings. The average Bonchev–Trinajstić information content (AvgIpc) is 3.00. The fraction of sp³-hybridized carbons (Fsp3) is 0.632. The second kappa shape index (κ2) is 20.3. The Morgan fingerprint density at radius 2 is 0.729 bits per heavy atom. The first kappa shape index (κ1) is 44.5. The molecule has 0 aromatic heterocycles. The zero-order chi connectivity index (χ0) is 31.2. The second-order valence-corrected chi connectivity index (χ2v) is 15.1. The van der Waals surface area contributed by atoms with Gasteiger partial charge in [-0.25, -0.2) is 0 Å². The molecular formula is C38H64N6Ni2O2+4. The van der Waals surface area contributed by atoms with Gasteiger partial charge < -0.3 is 56.1 Å². The zero-order valence-corrected chi connectivity index (χ0v) is 32.4. The maximum Gasteiger partial charge on any atom is 3.00 e. The largest absolute Gasteiger partial charge is 3.00 e. The van der Waals surface area contributed by atoms with E-state index in [2.05, 4.69) is 83.0 Å². The van der Waals surface area contributed by atoms with Crippen LogP contribution >= 0.6 is 0 Å².